The van der Waals surface area contributed by atoms with Gasteiger partial charge in [-0.2, -0.15) is 18.4 Å². The first-order valence-corrected chi connectivity index (χ1v) is 5.75. The van der Waals surface area contributed by atoms with Crippen molar-refractivity contribution in [2.24, 2.45) is 5.73 Å². The van der Waals surface area contributed by atoms with Gasteiger partial charge in [0, 0.05) is 11.4 Å². The number of carbonyl (C=O) groups excluding carboxylic acids is 1. The fourth-order valence-corrected chi connectivity index (χ4v) is 2.03. The number of thioether (sulfide) groups is 1. The molecule has 0 radical (unpaired) electrons. The van der Waals surface area contributed by atoms with Crippen LogP contribution in [0.5, 0.6) is 0 Å². The van der Waals surface area contributed by atoms with Crippen molar-refractivity contribution in [3.63, 3.8) is 0 Å². The van der Waals surface area contributed by atoms with Crippen LogP contribution in [0, 0.1) is 11.3 Å². The van der Waals surface area contributed by atoms with Gasteiger partial charge >= 0.3 is 11.5 Å². The Kier molecular flexibility index (Phi) is 4.80. The van der Waals surface area contributed by atoms with E-state index in [1.807, 2.05) is 0 Å². The topological polar surface area (TPSA) is 76.1 Å². The lowest BCUT2D eigenvalue weighted by molar-refractivity contribution is -0.0328. The minimum absolute atomic E-state index is 0.0734. The minimum Gasteiger partial charge on any atom is -0.465 e. The van der Waals surface area contributed by atoms with Crippen molar-refractivity contribution in [3.8, 4) is 6.07 Å². The first-order chi connectivity index (χ1) is 8.82. The zero-order valence-corrected chi connectivity index (χ0v) is 10.6. The number of benzene rings is 1. The summed E-state index contributed by atoms with van der Waals surface area (Å²) in [6, 6.07) is 3.79. The van der Waals surface area contributed by atoms with Crippen LogP contribution in [0.1, 0.15) is 21.5 Å². The highest BCUT2D eigenvalue weighted by atomic mass is 32.2. The van der Waals surface area contributed by atoms with E-state index in [1.54, 1.807) is 6.07 Å². The van der Waals surface area contributed by atoms with Gasteiger partial charge < -0.3 is 10.5 Å². The van der Waals surface area contributed by atoms with E-state index in [4.69, 9.17) is 11.0 Å². The molecule has 0 spiro atoms. The fourth-order valence-electron chi connectivity index (χ4n) is 1.39. The number of rotatable bonds is 3. The van der Waals surface area contributed by atoms with E-state index < -0.39 is 23.2 Å². The van der Waals surface area contributed by atoms with Gasteiger partial charge in [0.1, 0.15) is 6.07 Å². The number of nitrogens with two attached hydrogens (primary N) is 1. The van der Waals surface area contributed by atoms with Gasteiger partial charge in [-0.05, 0) is 29.5 Å². The molecule has 1 aromatic carbocycles. The number of carbonyl (C=O) groups is 1. The maximum absolute atomic E-state index is 12.4. The summed E-state index contributed by atoms with van der Waals surface area (Å²) >= 11 is -0.458. The Morgan fingerprint density at radius 2 is 2.16 bits per heavy atom. The summed E-state index contributed by atoms with van der Waals surface area (Å²) < 4.78 is 41.6. The normalized spacial score (nSPS) is 10.9. The van der Waals surface area contributed by atoms with Crippen LogP contribution in [0.25, 0.3) is 0 Å². The predicted octanol–water partition coefficient (Wildman–Crippen LogP) is 2.42. The molecule has 0 aliphatic rings. The van der Waals surface area contributed by atoms with Crippen LogP contribution in [0.4, 0.5) is 13.2 Å². The van der Waals surface area contributed by atoms with Crippen molar-refractivity contribution >= 4 is 17.7 Å². The van der Waals surface area contributed by atoms with Gasteiger partial charge in [-0.3, -0.25) is 0 Å². The molecule has 0 aromatic heterocycles. The molecule has 2 N–H and O–H groups in total. The molecule has 1 aromatic rings. The highest BCUT2D eigenvalue weighted by Gasteiger charge is 2.31. The van der Waals surface area contributed by atoms with Crippen molar-refractivity contribution in [1.29, 1.82) is 5.26 Å². The van der Waals surface area contributed by atoms with Gasteiger partial charge in [-0.25, -0.2) is 4.79 Å². The summed E-state index contributed by atoms with van der Waals surface area (Å²) in [5.41, 5.74) is 0.846. The molecule has 0 unspecified atom stereocenters. The first-order valence-electron chi connectivity index (χ1n) is 4.93. The number of ether oxygens (including phenoxy) is 1. The van der Waals surface area contributed by atoms with Gasteiger partial charge in [-0.15, -0.1) is 0 Å². The fraction of sp³-hybridized carbons (Fsp3) is 0.273. The average Bonchev–Trinajstić information content (AvgIpc) is 2.35. The lowest BCUT2D eigenvalue weighted by Crippen LogP contribution is -2.11. The molecule has 0 atom stereocenters. The number of nitrogens with zero attached hydrogens (tertiary/aromatic N) is 1. The van der Waals surface area contributed by atoms with Crippen LogP contribution in [-0.2, 0) is 11.3 Å². The highest BCUT2D eigenvalue weighted by molar-refractivity contribution is 8.00. The molecular formula is C11H9F3N2O2S. The van der Waals surface area contributed by atoms with Gasteiger partial charge in [0.05, 0.1) is 18.2 Å². The molecule has 0 amide bonds. The lowest BCUT2D eigenvalue weighted by Gasteiger charge is -2.12. The summed E-state index contributed by atoms with van der Waals surface area (Å²) in [5, 5.41) is 8.83. The molecule has 0 aliphatic carbocycles. The third kappa shape index (κ3) is 3.87. The van der Waals surface area contributed by atoms with Crippen molar-refractivity contribution in [1.82, 2.24) is 0 Å². The van der Waals surface area contributed by atoms with Crippen LogP contribution >= 0.6 is 11.8 Å². The monoisotopic (exact) mass is 290 g/mol. The van der Waals surface area contributed by atoms with Crippen LogP contribution < -0.4 is 5.73 Å². The van der Waals surface area contributed by atoms with Crippen molar-refractivity contribution in [3.05, 3.63) is 28.8 Å². The predicted molar refractivity (Wildman–Crippen MR) is 62.3 cm³/mol. The second-order valence-corrected chi connectivity index (χ2v) is 4.47. The third-order valence-corrected chi connectivity index (χ3v) is 2.97. The van der Waals surface area contributed by atoms with Gasteiger partial charge in [0.2, 0.25) is 0 Å². The van der Waals surface area contributed by atoms with E-state index in [0.717, 1.165) is 13.2 Å². The van der Waals surface area contributed by atoms with Gasteiger partial charge in [-0.1, -0.05) is 0 Å². The Morgan fingerprint density at radius 3 is 2.58 bits per heavy atom. The number of esters is 1. The largest absolute Gasteiger partial charge is 0.465 e. The second kappa shape index (κ2) is 5.95. The molecular weight excluding hydrogens is 281 g/mol. The van der Waals surface area contributed by atoms with Crippen molar-refractivity contribution < 1.29 is 22.7 Å². The molecule has 8 heteroatoms. The standard InChI is InChI=1S/C11H9F3N2O2S/c1-18-10(17)8-3-9(19-11(12,13)14)7(5-16)2-6(8)4-15/h2-3H,4,15H2,1H3. The summed E-state index contributed by atoms with van der Waals surface area (Å²) in [4.78, 5) is 11.1. The lowest BCUT2D eigenvalue weighted by atomic mass is 10.0. The SMILES string of the molecule is COC(=O)c1cc(SC(F)(F)F)c(C#N)cc1CN. The second-order valence-electron chi connectivity index (χ2n) is 3.36. The average molecular weight is 290 g/mol. The van der Waals surface area contributed by atoms with E-state index in [1.165, 1.54) is 6.07 Å². The number of halogens is 3. The smallest absolute Gasteiger partial charge is 0.446 e. The Labute approximate surface area is 111 Å². The molecule has 0 fully saturated rings. The zero-order valence-electron chi connectivity index (χ0n) is 9.75. The molecule has 1 rings (SSSR count). The highest BCUT2D eigenvalue weighted by Crippen LogP contribution is 2.39. The Balaban J connectivity index is 3.38. The van der Waals surface area contributed by atoms with E-state index in [2.05, 4.69) is 4.74 Å². The Hall–Kier alpha value is -1.72. The van der Waals surface area contributed by atoms with E-state index in [9.17, 15) is 18.0 Å². The van der Waals surface area contributed by atoms with Crippen LogP contribution in [0.2, 0.25) is 0 Å². The number of nitriles is 1. The zero-order chi connectivity index (χ0) is 14.6. The summed E-state index contributed by atoms with van der Waals surface area (Å²) in [6.07, 6.45) is 0. The molecule has 0 heterocycles. The van der Waals surface area contributed by atoms with Crippen molar-refractivity contribution in [2.75, 3.05) is 7.11 Å². The maximum atomic E-state index is 12.4. The number of hydrogen-bond acceptors (Lipinski definition) is 5. The Morgan fingerprint density at radius 1 is 1.53 bits per heavy atom. The molecule has 0 saturated carbocycles. The molecule has 19 heavy (non-hydrogen) atoms. The van der Waals surface area contributed by atoms with E-state index >= 15 is 0 Å². The number of methoxy groups -OCH3 is 1. The van der Waals surface area contributed by atoms with Crippen molar-refractivity contribution in [2.45, 2.75) is 16.9 Å². The maximum Gasteiger partial charge on any atom is 0.446 e. The van der Waals surface area contributed by atoms with Crippen LogP contribution in [-0.4, -0.2) is 18.6 Å². The number of alkyl halides is 3. The quantitative estimate of drug-likeness (QED) is 0.683. The van der Waals surface area contributed by atoms with Crippen LogP contribution in [0.3, 0.4) is 0 Å². The molecule has 0 saturated heterocycles. The van der Waals surface area contributed by atoms with E-state index in [0.29, 0.717) is 0 Å². The van der Waals surface area contributed by atoms with E-state index in [-0.39, 0.29) is 28.1 Å². The summed E-state index contributed by atoms with van der Waals surface area (Å²) in [6.45, 7) is -0.0872. The first kappa shape index (κ1) is 15.3. The molecule has 0 bridgehead atoms. The van der Waals surface area contributed by atoms with Gasteiger partial charge in [0.25, 0.3) is 0 Å². The third-order valence-electron chi connectivity index (χ3n) is 2.18. The summed E-state index contributed by atoms with van der Waals surface area (Å²) in [7, 11) is 1.11. The van der Waals surface area contributed by atoms with Crippen LogP contribution in [0.15, 0.2) is 17.0 Å². The minimum atomic E-state index is -4.55. The molecule has 4 nitrogen and oxygen atoms in total. The molecule has 0 aliphatic heterocycles. The number of hydrogen-bond donors (Lipinski definition) is 1. The Bertz CT molecular complexity index is 538. The molecule has 102 valence electrons. The summed E-state index contributed by atoms with van der Waals surface area (Å²) in [5.74, 6) is -0.797. The van der Waals surface area contributed by atoms with Gasteiger partial charge in [0.15, 0.2) is 0 Å².